The van der Waals surface area contributed by atoms with Crippen LogP contribution in [0.3, 0.4) is 0 Å². The number of nitrogens with two attached hydrogens (primary N) is 1. The first-order valence-corrected chi connectivity index (χ1v) is 9.20. The molecule has 154 valence electrons. The molecule has 0 aliphatic rings. The number of carbonyl (C=O) groups excluding carboxylic acids is 2. The summed E-state index contributed by atoms with van der Waals surface area (Å²) in [6.45, 7) is 0.353. The van der Waals surface area contributed by atoms with Gasteiger partial charge in [0.15, 0.2) is 0 Å². The number of halogens is 3. The van der Waals surface area contributed by atoms with Crippen LogP contribution < -0.4 is 11.1 Å². The first-order chi connectivity index (χ1) is 14.3. The van der Waals surface area contributed by atoms with E-state index in [4.69, 9.17) is 5.73 Å². The van der Waals surface area contributed by atoms with Crippen molar-refractivity contribution < 1.29 is 22.8 Å². The van der Waals surface area contributed by atoms with E-state index in [0.29, 0.717) is 24.1 Å². The van der Waals surface area contributed by atoms with Crippen LogP contribution in [-0.4, -0.2) is 18.4 Å². The number of fused-ring (bicyclic) bond motifs is 1. The molecule has 3 aromatic rings. The molecule has 0 aromatic heterocycles. The Labute approximate surface area is 171 Å². The molecule has 0 aliphatic carbocycles. The zero-order valence-electron chi connectivity index (χ0n) is 15.9. The van der Waals surface area contributed by atoms with E-state index in [2.05, 4.69) is 5.32 Å². The number of benzene rings is 3. The lowest BCUT2D eigenvalue weighted by molar-refractivity contribution is -0.137. The molecular weight excluding hydrogens is 393 g/mol. The quantitative estimate of drug-likeness (QED) is 0.456. The van der Waals surface area contributed by atoms with Crippen LogP contribution in [0.2, 0.25) is 0 Å². The van der Waals surface area contributed by atoms with Gasteiger partial charge in [-0.3, -0.25) is 9.59 Å². The lowest BCUT2D eigenvalue weighted by Gasteiger charge is -2.11. The number of rotatable bonds is 6. The number of primary amides is 1. The second-order valence-electron chi connectivity index (χ2n) is 6.67. The molecule has 0 fully saturated rings. The van der Waals surface area contributed by atoms with E-state index >= 15 is 0 Å². The molecule has 0 saturated heterocycles. The van der Waals surface area contributed by atoms with Crippen molar-refractivity contribution >= 4 is 22.6 Å². The molecule has 0 unspecified atom stereocenters. The van der Waals surface area contributed by atoms with Gasteiger partial charge in [-0.25, -0.2) is 0 Å². The molecule has 3 N–H and O–H groups in total. The minimum absolute atomic E-state index is 0.260. The fraction of sp³-hybridized carbons (Fsp3) is 0.130. The summed E-state index contributed by atoms with van der Waals surface area (Å²) >= 11 is 0. The van der Waals surface area contributed by atoms with Gasteiger partial charge in [-0.2, -0.15) is 13.2 Å². The Morgan fingerprint density at radius 1 is 1.00 bits per heavy atom. The first kappa shape index (κ1) is 21.1. The highest BCUT2D eigenvalue weighted by Gasteiger charge is 2.30. The molecule has 30 heavy (non-hydrogen) atoms. The SMILES string of the molecule is NC(=O)/C=C/CCNC(=O)c1ccc2c(-c3ccc(C(F)(F)F)cc3)cccc2c1. The normalized spacial score (nSPS) is 11.7. The summed E-state index contributed by atoms with van der Waals surface area (Å²) in [5.41, 5.74) is 6.20. The fourth-order valence-corrected chi connectivity index (χ4v) is 3.09. The second kappa shape index (κ2) is 8.82. The predicted octanol–water partition coefficient (Wildman–Crippen LogP) is 4.69. The van der Waals surface area contributed by atoms with Crippen LogP contribution in [0.15, 0.2) is 72.8 Å². The third-order valence-corrected chi connectivity index (χ3v) is 4.54. The van der Waals surface area contributed by atoms with Gasteiger partial charge in [-0.05, 0) is 58.7 Å². The van der Waals surface area contributed by atoms with Gasteiger partial charge in [0.05, 0.1) is 5.56 Å². The highest BCUT2D eigenvalue weighted by Crippen LogP contribution is 2.33. The van der Waals surface area contributed by atoms with Gasteiger partial charge in [0.25, 0.3) is 5.91 Å². The van der Waals surface area contributed by atoms with Gasteiger partial charge in [-0.15, -0.1) is 0 Å². The number of carbonyl (C=O) groups is 2. The molecule has 3 rings (SSSR count). The van der Waals surface area contributed by atoms with Crippen molar-refractivity contribution in [1.29, 1.82) is 0 Å². The Bertz CT molecular complexity index is 1100. The van der Waals surface area contributed by atoms with E-state index < -0.39 is 17.6 Å². The average Bonchev–Trinajstić information content (AvgIpc) is 2.71. The van der Waals surface area contributed by atoms with E-state index in [1.165, 1.54) is 18.2 Å². The van der Waals surface area contributed by atoms with Crippen molar-refractivity contribution in [2.75, 3.05) is 6.54 Å². The topological polar surface area (TPSA) is 72.2 Å². The molecule has 0 radical (unpaired) electrons. The number of alkyl halides is 3. The van der Waals surface area contributed by atoms with E-state index in [0.717, 1.165) is 28.5 Å². The zero-order chi connectivity index (χ0) is 21.7. The lowest BCUT2D eigenvalue weighted by Crippen LogP contribution is -2.24. The molecule has 0 bridgehead atoms. The highest BCUT2D eigenvalue weighted by atomic mass is 19.4. The maximum atomic E-state index is 12.8. The standard InChI is InChI=1S/C23H19F3N2O2/c24-23(25,26)18-10-7-15(8-11-18)19-5-3-4-16-14-17(9-12-20(16)19)22(30)28-13-2-1-6-21(27)29/h1,3-12,14H,2,13H2,(H2,27,29)(H,28,30)/b6-1+. The summed E-state index contributed by atoms with van der Waals surface area (Å²) in [7, 11) is 0. The van der Waals surface area contributed by atoms with E-state index in [9.17, 15) is 22.8 Å². The van der Waals surface area contributed by atoms with Gasteiger partial charge >= 0.3 is 6.18 Å². The van der Waals surface area contributed by atoms with Crippen LogP contribution in [0.4, 0.5) is 13.2 Å². The maximum absolute atomic E-state index is 12.8. The van der Waals surface area contributed by atoms with E-state index in [1.54, 1.807) is 30.3 Å². The lowest BCUT2D eigenvalue weighted by atomic mass is 9.96. The van der Waals surface area contributed by atoms with E-state index in [1.807, 2.05) is 12.1 Å². The minimum atomic E-state index is -4.38. The van der Waals surface area contributed by atoms with Crippen LogP contribution >= 0.6 is 0 Å². The monoisotopic (exact) mass is 412 g/mol. The van der Waals surface area contributed by atoms with E-state index in [-0.39, 0.29) is 5.91 Å². The molecule has 0 spiro atoms. The molecule has 0 atom stereocenters. The average molecular weight is 412 g/mol. The molecule has 3 aromatic carbocycles. The molecule has 4 nitrogen and oxygen atoms in total. The van der Waals surface area contributed by atoms with Gasteiger partial charge in [0, 0.05) is 12.1 Å². The number of nitrogens with one attached hydrogen (secondary N) is 1. The van der Waals surface area contributed by atoms with Gasteiger partial charge < -0.3 is 11.1 Å². The van der Waals surface area contributed by atoms with Gasteiger partial charge in [-0.1, -0.05) is 42.5 Å². The summed E-state index contributed by atoms with van der Waals surface area (Å²) in [6, 6.07) is 15.7. The minimum Gasteiger partial charge on any atom is -0.366 e. The Morgan fingerprint density at radius 2 is 1.73 bits per heavy atom. The first-order valence-electron chi connectivity index (χ1n) is 9.20. The summed E-state index contributed by atoms with van der Waals surface area (Å²) in [6.07, 6.45) is -1.08. The third kappa shape index (κ3) is 5.05. The molecule has 0 saturated carbocycles. The van der Waals surface area contributed by atoms with Crippen LogP contribution in [0.5, 0.6) is 0 Å². The fourth-order valence-electron chi connectivity index (χ4n) is 3.09. The van der Waals surface area contributed by atoms with Crippen molar-refractivity contribution in [2.45, 2.75) is 12.6 Å². The van der Waals surface area contributed by atoms with Crippen molar-refractivity contribution in [2.24, 2.45) is 5.73 Å². The second-order valence-corrected chi connectivity index (χ2v) is 6.67. The molecular formula is C23H19F3N2O2. The summed E-state index contributed by atoms with van der Waals surface area (Å²) in [5, 5.41) is 4.39. The largest absolute Gasteiger partial charge is 0.416 e. The molecule has 0 heterocycles. The number of hydrogen-bond donors (Lipinski definition) is 2. The van der Waals surface area contributed by atoms with Gasteiger partial charge in [0.2, 0.25) is 5.91 Å². The van der Waals surface area contributed by atoms with Crippen LogP contribution in [0.1, 0.15) is 22.3 Å². The summed E-state index contributed by atoms with van der Waals surface area (Å²) in [5.74, 6) is -0.802. The Morgan fingerprint density at radius 3 is 2.40 bits per heavy atom. The Kier molecular flexibility index (Phi) is 6.20. The summed E-state index contributed by atoms with van der Waals surface area (Å²) in [4.78, 5) is 23.0. The Hall–Kier alpha value is -3.61. The van der Waals surface area contributed by atoms with Gasteiger partial charge in [0.1, 0.15) is 0 Å². The number of hydrogen-bond acceptors (Lipinski definition) is 2. The Balaban J connectivity index is 1.80. The van der Waals surface area contributed by atoms with Crippen molar-refractivity contribution in [3.05, 3.63) is 83.9 Å². The molecule has 7 heteroatoms. The van der Waals surface area contributed by atoms with Crippen LogP contribution in [0, 0.1) is 0 Å². The predicted molar refractivity (Wildman–Crippen MR) is 110 cm³/mol. The van der Waals surface area contributed by atoms with Crippen LogP contribution in [-0.2, 0) is 11.0 Å². The molecule has 0 aliphatic heterocycles. The number of amides is 2. The highest BCUT2D eigenvalue weighted by molar-refractivity contribution is 6.02. The van der Waals surface area contributed by atoms with Crippen molar-refractivity contribution in [1.82, 2.24) is 5.32 Å². The smallest absolute Gasteiger partial charge is 0.366 e. The zero-order valence-corrected chi connectivity index (χ0v) is 15.9. The summed E-state index contributed by atoms with van der Waals surface area (Å²) < 4.78 is 38.4. The molecule has 2 amide bonds. The maximum Gasteiger partial charge on any atom is 0.416 e. The van der Waals surface area contributed by atoms with Crippen LogP contribution in [0.25, 0.3) is 21.9 Å². The van der Waals surface area contributed by atoms with Crippen molar-refractivity contribution in [3.63, 3.8) is 0 Å². The van der Waals surface area contributed by atoms with Crippen molar-refractivity contribution in [3.8, 4) is 11.1 Å². The third-order valence-electron chi connectivity index (χ3n) is 4.54.